The van der Waals surface area contributed by atoms with Gasteiger partial charge in [0.2, 0.25) is 0 Å². The second-order valence-corrected chi connectivity index (χ2v) is 13.4. The summed E-state index contributed by atoms with van der Waals surface area (Å²) in [6.45, 7) is 9.51. The predicted molar refractivity (Wildman–Crippen MR) is 181 cm³/mol. The van der Waals surface area contributed by atoms with Crippen molar-refractivity contribution in [2.45, 2.75) is 38.5 Å². The Morgan fingerprint density at radius 2 is 0.953 bits per heavy atom. The molecular formula is C42H33N. The van der Waals surface area contributed by atoms with Gasteiger partial charge in [-0.2, -0.15) is 0 Å². The van der Waals surface area contributed by atoms with Crippen LogP contribution in [-0.2, 0) is 10.8 Å². The molecule has 1 heterocycles. The van der Waals surface area contributed by atoms with E-state index >= 15 is 0 Å². The Morgan fingerprint density at radius 1 is 0.395 bits per heavy atom. The monoisotopic (exact) mass is 551 g/mol. The lowest BCUT2D eigenvalue weighted by molar-refractivity contribution is 0.660. The van der Waals surface area contributed by atoms with Crippen molar-refractivity contribution in [2.24, 2.45) is 0 Å². The molecule has 0 aliphatic heterocycles. The minimum absolute atomic E-state index is 0.00431. The molecule has 0 atom stereocenters. The van der Waals surface area contributed by atoms with E-state index in [1.54, 1.807) is 0 Å². The van der Waals surface area contributed by atoms with Crippen LogP contribution in [0.2, 0.25) is 0 Å². The van der Waals surface area contributed by atoms with E-state index in [-0.39, 0.29) is 10.8 Å². The summed E-state index contributed by atoms with van der Waals surface area (Å²) >= 11 is 0. The lowest BCUT2D eigenvalue weighted by Crippen LogP contribution is -2.15. The van der Waals surface area contributed by atoms with Gasteiger partial charge in [-0.1, -0.05) is 113 Å². The minimum Gasteiger partial charge on any atom is -0.309 e. The molecule has 7 aromatic rings. The lowest BCUT2D eigenvalue weighted by atomic mass is 9.80. The highest BCUT2D eigenvalue weighted by molar-refractivity contribution is 6.11. The van der Waals surface area contributed by atoms with Gasteiger partial charge >= 0.3 is 0 Å². The molecule has 9 rings (SSSR count). The standard InChI is InChI=1S/C42H33N/c1-41(2)35-16-10-8-14-29(35)30-20-18-26(22-36(30)41)27-19-21-31-33-25-40-34(24-38(33)42(3,4)37(31)23-27)32-15-9-11-17-39(32)43(40)28-12-6-5-7-13-28/h5-25H,1-4H3. The Bertz CT molecular complexity index is 2280. The van der Waals surface area contributed by atoms with Crippen molar-refractivity contribution in [1.29, 1.82) is 0 Å². The van der Waals surface area contributed by atoms with Crippen LogP contribution in [0.15, 0.2) is 127 Å². The summed E-state index contributed by atoms with van der Waals surface area (Å²) < 4.78 is 2.43. The zero-order chi connectivity index (χ0) is 29.1. The summed E-state index contributed by atoms with van der Waals surface area (Å²) in [6, 6.07) is 47.6. The first-order chi connectivity index (χ1) is 20.8. The van der Waals surface area contributed by atoms with Gasteiger partial charge in [-0.15, -0.1) is 0 Å². The fraction of sp³-hybridized carbons (Fsp3) is 0.143. The SMILES string of the molecule is CC1(C)c2ccccc2-c2ccc(-c3ccc4c(c3)C(C)(C)c3cc5c6ccccc6n(-c6ccccc6)c5cc3-4)cc21. The molecule has 206 valence electrons. The zero-order valence-electron chi connectivity index (χ0n) is 25.1. The molecule has 0 radical (unpaired) electrons. The van der Waals surface area contributed by atoms with Gasteiger partial charge in [0.1, 0.15) is 0 Å². The van der Waals surface area contributed by atoms with Gasteiger partial charge in [-0.3, -0.25) is 0 Å². The summed E-state index contributed by atoms with van der Waals surface area (Å²) in [5, 5.41) is 2.62. The number of hydrogen-bond acceptors (Lipinski definition) is 0. The first-order valence-corrected chi connectivity index (χ1v) is 15.4. The molecule has 2 aliphatic rings. The zero-order valence-corrected chi connectivity index (χ0v) is 25.1. The van der Waals surface area contributed by atoms with Gasteiger partial charge in [-0.05, 0) is 98.1 Å². The smallest absolute Gasteiger partial charge is 0.0547 e. The van der Waals surface area contributed by atoms with Crippen LogP contribution in [0.4, 0.5) is 0 Å². The van der Waals surface area contributed by atoms with Crippen LogP contribution in [0, 0.1) is 0 Å². The van der Waals surface area contributed by atoms with Crippen molar-refractivity contribution in [3.63, 3.8) is 0 Å². The largest absolute Gasteiger partial charge is 0.309 e. The van der Waals surface area contributed by atoms with Crippen LogP contribution in [0.5, 0.6) is 0 Å². The summed E-state index contributed by atoms with van der Waals surface area (Å²) in [6.07, 6.45) is 0. The maximum absolute atomic E-state index is 2.47. The van der Waals surface area contributed by atoms with Crippen molar-refractivity contribution < 1.29 is 0 Å². The third-order valence-electron chi connectivity index (χ3n) is 10.4. The highest BCUT2D eigenvalue weighted by atomic mass is 15.0. The number of fused-ring (bicyclic) bond motifs is 9. The molecule has 43 heavy (non-hydrogen) atoms. The van der Waals surface area contributed by atoms with E-state index in [4.69, 9.17) is 0 Å². The lowest BCUT2D eigenvalue weighted by Gasteiger charge is -2.23. The second-order valence-electron chi connectivity index (χ2n) is 13.4. The summed E-state index contributed by atoms with van der Waals surface area (Å²) in [5.41, 5.74) is 17.3. The van der Waals surface area contributed by atoms with Gasteiger partial charge in [0.25, 0.3) is 0 Å². The molecule has 0 unspecified atom stereocenters. The summed E-state index contributed by atoms with van der Waals surface area (Å²) in [4.78, 5) is 0. The van der Waals surface area contributed by atoms with E-state index in [0.717, 1.165) is 0 Å². The molecule has 1 aromatic heterocycles. The van der Waals surface area contributed by atoms with E-state index in [1.165, 1.54) is 83.1 Å². The molecule has 0 bridgehead atoms. The van der Waals surface area contributed by atoms with E-state index in [9.17, 15) is 0 Å². The second kappa shape index (κ2) is 8.36. The van der Waals surface area contributed by atoms with Gasteiger partial charge in [0.05, 0.1) is 11.0 Å². The van der Waals surface area contributed by atoms with Gasteiger partial charge < -0.3 is 4.57 Å². The van der Waals surface area contributed by atoms with Crippen molar-refractivity contribution in [2.75, 3.05) is 0 Å². The van der Waals surface area contributed by atoms with Crippen LogP contribution >= 0.6 is 0 Å². The number of hydrogen-bond donors (Lipinski definition) is 0. The first-order valence-electron chi connectivity index (χ1n) is 15.4. The number of benzene rings is 6. The first kappa shape index (κ1) is 24.7. The Labute approximate surface area is 253 Å². The maximum atomic E-state index is 2.47. The Balaban J connectivity index is 1.22. The van der Waals surface area contributed by atoms with Crippen LogP contribution in [0.3, 0.4) is 0 Å². The third-order valence-corrected chi connectivity index (χ3v) is 10.4. The van der Waals surface area contributed by atoms with Gasteiger partial charge in [0, 0.05) is 27.3 Å². The predicted octanol–water partition coefficient (Wildman–Crippen LogP) is 11.1. The average molecular weight is 552 g/mol. The third kappa shape index (κ3) is 3.23. The highest BCUT2D eigenvalue weighted by Gasteiger charge is 2.38. The van der Waals surface area contributed by atoms with Crippen molar-refractivity contribution in [3.8, 4) is 39.1 Å². The molecule has 0 amide bonds. The van der Waals surface area contributed by atoms with Crippen molar-refractivity contribution >= 4 is 21.8 Å². The topological polar surface area (TPSA) is 4.93 Å². The van der Waals surface area contributed by atoms with Crippen LogP contribution < -0.4 is 0 Å². The number of nitrogens with zero attached hydrogens (tertiary/aromatic N) is 1. The Morgan fingerprint density at radius 3 is 1.70 bits per heavy atom. The number of rotatable bonds is 2. The average Bonchev–Trinajstić information content (AvgIpc) is 3.57. The number of para-hydroxylation sites is 2. The maximum Gasteiger partial charge on any atom is 0.0547 e. The molecule has 1 nitrogen and oxygen atoms in total. The molecule has 0 saturated heterocycles. The van der Waals surface area contributed by atoms with Gasteiger partial charge in [-0.25, -0.2) is 0 Å². The van der Waals surface area contributed by atoms with E-state index < -0.39 is 0 Å². The minimum atomic E-state index is -0.100. The normalized spacial score (nSPS) is 15.3. The van der Waals surface area contributed by atoms with E-state index in [2.05, 4.69) is 160 Å². The quantitative estimate of drug-likeness (QED) is 0.201. The van der Waals surface area contributed by atoms with Crippen LogP contribution in [-0.4, -0.2) is 4.57 Å². The van der Waals surface area contributed by atoms with Crippen LogP contribution in [0.1, 0.15) is 49.9 Å². The molecule has 0 fully saturated rings. The van der Waals surface area contributed by atoms with E-state index in [0.29, 0.717) is 0 Å². The highest BCUT2D eigenvalue weighted by Crippen LogP contribution is 2.53. The number of aromatic nitrogens is 1. The van der Waals surface area contributed by atoms with Crippen molar-refractivity contribution in [1.82, 2.24) is 4.57 Å². The molecular weight excluding hydrogens is 518 g/mol. The van der Waals surface area contributed by atoms with Crippen molar-refractivity contribution in [3.05, 3.63) is 150 Å². The molecule has 6 aromatic carbocycles. The fourth-order valence-electron chi connectivity index (χ4n) is 8.12. The van der Waals surface area contributed by atoms with Crippen LogP contribution in [0.25, 0.3) is 60.9 Å². The fourth-order valence-corrected chi connectivity index (χ4v) is 8.12. The summed E-state index contributed by atoms with van der Waals surface area (Å²) in [7, 11) is 0. The molecule has 2 aliphatic carbocycles. The summed E-state index contributed by atoms with van der Waals surface area (Å²) in [5.74, 6) is 0. The van der Waals surface area contributed by atoms with Gasteiger partial charge in [0.15, 0.2) is 0 Å². The molecule has 0 spiro atoms. The molecule has 1 heteroatoms. The molecule has 0 saturated carbocycles. The van der Waals surface area contributed by atoms with E-state index in [1.807, 2.05) is 0 Å². The Kier molecular flexibility index (Phi) is 4.80. The molecule has 0 N–H and O–H groups in total. The Hall–Kier alpha value is -4.88.